The summed E-state index contributed by atoms with van der Waals surface area (Å²) in [5.41, 5.74) is 4.11. The molecule has 13 heteroatoms. The number of nitrogens with one attached hydrogen (secondary N) is 3. The number of fused-ring (bicyclic) bond motifs is 1. The fourth-order valence-corrected chi connectivity index (χ4v) is 6.07. The molecule has 1 amide bonds. The van der Waals surface area contributed by atoms with E-state index in [0.717, 1.165) is 33.4 Å². The highest BCUT2D eigenvalue weighted by Crippen LogP contribution is 2.40. The van der Waals surface area contributed by atoms with E-state index >= 15 is 0 Å². The average molecular weight is 660 g/mol. The van der Waals surface area contributed by atoms with E-state index in [1.165, 1.54) is 19.3 Å². The molecular weight excluding hydrogens is 628 g/mol. The molecule has 3 N–H and O–H groups in total. The number of amides is 1. The highest BCUT2D eigenvalue weighted by atomic mass is 35.5. The Morgan fingerprint density at radius 1 is 1.09 bits per heavy atom. The van der Waals surface area contributed by atoms with Gasteiger partial charge in [0.25, 0.3) is 12.0 Å². The number of pyridine rings is 2. The van der Waals surface area contributed by atoms with E-state index in [1.807, 2.05) is 49.4 Å². The third-order valence-electron chi connectivity index (χ3n) is 8.25. The summed E-state index contributed by atoms with van der Waals surface area (Å²) in [5.74, 6) is 0.550. The van der Waals surface area contributed by atoms with Gasteiger partial charge in [-0.15, -0.1) is 0 Å². The summed E-state index contributed by atoms with van der Waals surface area (Å²) in [6, 6.07) is 16.3. The Balaban J connectivity index is 1.31. The summed E-state index contributed by atoms with van der Waals surface area (Å²) >= 11 is 7.04. The molecule has 1 unspecified atom stereocenters. The number of halogens is 3. The number of aromatic nitrogens is 4. The zero-order valence-corrected chi connectivity index (χ0v) is 26.7. The Bertz CT molecular complexity index is 2050. The monoisotopic (exact) mass is 659 g/mol. The predicted octanol–water partition coefficient (Wildman–Crippen LogP) is 6.08. The van der Waals surface area contributed by atoms with E-state index in [4.69, 9.17) is 21.3 Å². The largest absolute Gasteiger partial charge is 0.481 e. The summed E-state index contributed by atoms with van der Waals surface area (Å²) in [6.07, 6.45) is -0.107. The van der Waals surface area contributed by atoms with Gasteiger partial charge in [-0.3, -0.25) is 9.59 Å². The fraction of sp³-hybridized carbons (Fsp3) is 0.265. The molecule has 0 saturated carbocycles. The summed E-state index contributed by atoms with van der Waals surface area (Å²) in [4.78, 5) is 33.3. The third-order valence-corrected chi connectivity index (χ3v) is 8.65. The third kappa shape index (κ3) is 6.51. The number of aryl methyl sites for hydroxylation is 1. The number of rotatable bonds is 10. The number of carbonyl (C=O) groups excluding carboxylic acids is 1. The van der Waals surface area contributed by atoms with Crippen molar-refractivity contribution in [2.45, 2.75) is 38.8 Å². The van der Waals surface area contributed by atoms with Crippen LogP contribution in [0.25, 0.3) is 33.2 Å². The van der Waals surface area contributed by atoms with Crippen molar-refractivity contribution >= 4 is 39.8 Å². The molecule has 0 spiro atoms. The molecule has 2 aromatic carbocycles. The molecule has 6 rings (SSSR count). The van der Waals surface area contributed by atoms with Crippen LogP contribution in [0.15, 0.2) is 65.6 Å². The van der Waals surface area contributed by atoms with Gasteiger partial charge in [0.2, 0.25) is 11.8 Å². The zero-order valence-electron chi connectivity index (χ0n) is 25.9. The number of carbonyl (C=O) groups is 1. The lowest BCUT2D eigenvalue weighted by molar-refractivity contribution is -0.119. The van der Waals surface area contributed by atoms with E-state index in [2.05, 4.69) is 26.0 Å². The number of ether oxygens (including phenoxy) is 1. The standard InChI is InChI=1S/C34H32ClF2N7O3/c1-18-22(6-5-9-25(18)41-32-29-20(14-27(42-32)31(36)37)16-39-44(2)34(29)46)23-7-4-8-24(30(23)35)26-12-10-19(33(43-26)47-3)15-38-17-21-11-13-28(45)40-21/h4-10,12,14,16,21,31,38H,11,13,15,17H2,1-3H3,(H,40,45)(H,41,42). The molecule has 10 nitrogen and oxygen atoms in total. The molecular formula is C34H32ClF2N7O3. The van der Waals surface area contributed by atoms with Gasteiger partial charge >= 0.3 is 0 Å². The van der Waals surface area contributed by atoms with Crippen LogP contribution in [0, 0.1) is 6.92 Å². The van der Waals surface area contributed by atoms with E-state index in [9.17, 15) is 18.4 Å². The number of nitrogens with zero attached hydrogens (tertiary/aromatic N) is 4. The van der Waals surface area contributed by atoms with Gasteiger partial charge in [0.15, 0.2) is 0 Å². The van der Waals surface area contributed by atoms with Crippen LogP contribution in [0.1, 0.15) is 36.1 Å². The predicted molar refractivity (Wildman–Crippen MR) is 177 cm³/mol. The summed E-state index contributed by atoms with van der Waals surface area (Å²) in [7, 11) is 3.05. The molecule has 242 valence electrons. The van der Waals surface area contributed by atoms with Gasteiger partial charge in [0.1, 0.15) is 11.5 Å². The highest BCUT2D eigenvalue weighted by Gasteiger charge is 2.21. The minimum Gasteiger partial charge on any atom is -0.481 e. The SMILES string of the molecule is COc1nc(-c2cccc(-c3cccc(Nc4nc(C(F)F)cc5cnn(C)c(=O)c45)c3C)c2Cl)ccc1CNCC1CCC(=O)N1. The van der Waals surface area contributed by atoms with Gasteiger partial charge in [-0.25, -0.2) is 23.4 Å². The minimum absolute atomic E-state index is 0.0137. The van der Waals surface area contributed by atoms with Crippen LogP contribution < -0.4 is 26.2 Å². The highest BCUT2D eigenvalue weighted by molar-refractivity contribution is 6.36. The molecule has 0 radical (unpaired) electrons. The van der Waals surface area contributed by atoms with Crippen molar-refractivity contribution in [2.75, 3.05) is 19.0 Å². The van der Waals surface area contributed by atoms with Crippen molar-refractivity contribution in [1.82, 2.24) is 30.4 Å². The fourth-order valence-electron chi connectivity index (χ4n) is 5.75. The van der Waals surface area contributed by atoms with Crippen molar-refractivity contribution < 1.29 is 18.3 Å². The Morgan fingerprint density at radius 3 is 2.60 bits per heavy atom. The van der Waals surface area contributed by atoms with Crippen LogP contribution in [0.4, 0.5) is 20.3 Å². The summed E-state index contributed by atoms with van der Waals surface area (Å²) in [6.45, 7) is 3.04. The average Bonchev–Trinajstić information content (AvgIpc) is 3.48. The molecule has 0 bridgehead atoms. The van der Waals surface area contributed by atoms with Gasteiger partial charge in [-0.2, -0.15) is 5.10 Å². The molecule has 0 aliphatic carbocycles. The van der Waals surface area contributed by atoms with E-state index in [0.29, 0.717) is 47.4 Å². The van der Waals surface area contributed by atoms with Crippen LogP contribution >= 0.6 is 11.6 Å². The molecule has 4 heterocycles. The van der Waals surface area contributed by atoms with E-state index in [-0.39, 0.29) is 28.5 Å². The number of hydrogen-bond donors (Lipinski definition) is 3. The van der Waals surface area contributed by atoms with Gasteiger partial charge in [0, 0.05) is 60.4 Å². The Kier molecular flexibility index (Phi) is 9.15. The Hall–Kier alpha value is -4.94. The van der Waals surface area contributed by atoms with Crippen molar-refractivity contribution in [2.24, 2.45) is 7.05 Å². The second-order valence-electron chi connectivity index (χ2n) is 11.3. The van der Waals surface area contributed by atoms with Crippen molar-refractivity contribution in [3.05, 3.63) is 93.0 Å². The first kappa shape index (κ1) is 32.0. The van der Waals surface area contributed by atoms with Crippen LogP contribution in [-0.2, 0) is 18.4 Å². The summed E-state index contributed by atoms with van der Waals surface area (Å²) < 4.78 is 34.2. The second kappa shape index (κ2) is 13.4. The summed E-state index contributed by atoms with van der Waals surface area (Å²) in [5, 5.41) is 14.3. The maximum Gasteiger partial charge on any atom is 0.280 e. The van der Waals surface area contributed by atoms with Crippen molar-refractivity contribution in [3.63, 3.8) is 0 Å². The first-order valence-corrected chi connectivity index (χ1v) is 15.4. The molecule has 1 aliphatic heterocycles. The molecule has 1 fully saturated rings. The molecule has 1 aliphatic rings. The second-order valence-corrected chi connectivity index (χ2v) is 11.7. The lowest BCUT2D eigenvalue weighted by Crippen LogP contribution is -2.35. The van der Waals surface area contributed by atoms with Gasteiger partial charge in [-0.05, 0) is 42.7 Å². The minimum atomic E-state index is -2.84. The number of benzene rings is 2. The molecule has 47 heavy (non-hydrogen) atoms. The normalized spacial score (nSPS) is 14.5. The molecule has 3 aromatic heterocycles. The van der Waals surface area contributed by atoms with Crippen LogP contribution in [-0.4, -0.2) is 45.4 Å². The Labute approximate surface area is 274 Å². The van der Waals surface area contributed by atoms with Crippen LogP contribution in [0.5, 0.6) is 5.88 Å². The zero-order chi connectivity index (χ0) is 33.2. The number of hydrogen-bond acceptors (Lipinski definition) is 8. The van der Waals surface area contributed by atoms with E-state index < -0.39 is 17.7 Å². The van der Waals surface area contributed by atoms with Gasteiger partial charge in [-0.1, -0.05) is 48.0 Å². The number of methoxy groups -OCH3 is 1. The van der Waals surface area contributed by atoms with Crippen molar-refractivity contribution in [1.29, 1.82) is 0 Å². The van der Waals surface area contributed by atoms with Crippen LogP contribution in [0.3, 0.4) is 0 Å². The lowest BCUT2D eigenvalue weighted by Gasteiger charge is -2.17. The number of anilines is 2. The quantitative estimate of drug-likeness (QED) is 0.165. The first-order valence-electron chi connectivity index (χ1n) is 15.0. The number of alkyl halides is 2. The smallest absolute Gasteiger partial charge is 0.280 e. The van der Waals surface area contributed by atoms with Gasteiger partial charge < -0.3 is 20.7 Å². The Morgan fingerprint density at radius 2 is 1.85 bits per heavy atom. The van der Waals surface area contributed by atoms with Crippen LogP contribution in [0.2, 0.25) is 5.02 Å². The lowest BCUT2D eigenvalue weighted by atomic mass is 9.96. The van der Waals surface area contributed by atoms with E-state index in [1.54, 1.807) is 13.2 Å². The maximum absolute atomic E-state index is 13.7. The maximum atomic E-state index is 13.7. The van der Waals surface area contributed by atoms with Gasteiger partial charge in [0.05, 0.1) is 29.4 Å². The molecule has 5 aromatic rings. The van der Waals surface area contributed by atoms with Crippen molar-refractivity contribution in [3.8, 4) is 28.3 Å². The molecule has 1 saturated heterocycles. The molecule has 1 atom stereocenters. The first-order chi connectivity index (χ1) is 22.6. The topological polar surface area (TPSA) is 123 Å².